The molecule has 0 bridgehead atoms. The molecule has 0 aliphatic heterocycles. The van der Waals surface area contributed by atoms with Gasteiger partial charge in [-0.05, 0) is 57.0 Å². The summed E-state index contributed by atoms with van der Waals surface area (Å²) in [6, 6.07) is 12.0. The Morgan fingerprint density at radius 3 is 2.46 bits per heavy atom. The Balaban J connectivity index is 0.00000392. The van der Waals surface area contributed by atoms with E-state index in [-0.39, 0.29) is 24.0 Å². The summed E-state index contributed by atoms with van der Waals surface area (Å²) in [5.74, 6) is 2.38. The zero-order chi connectivity index (χ0) is 19.3. The van der Waals surface area contributed by atoms with Gasteiger partial charge in [-0.2, -0.15) is 0 Å². The molecule has 28 heavy (non-hydrogen) atoms. The predicted octanol–water partition coefficient (Wildman–Crippen LogP) is 3.79. The van der Waals surface area contributed by atoms with E-state index in [1.165, 1.54) is 5.56 Å². The summed E-state index contributed by atoms with van der Waals surface area (Å²) in [5.41, 5.74) is 2.14. The van der Waals surface area contributed by atoms with Crippen molar-refractivity contribution >= 4 is 29.9 Å². The largest absolute Gasteiger partial charge is 0.490 e. The zero-order valence-electron chi connectivity index (χ0n) is 16.9. The number of halogens is 1. The Morgan fingerprint density at radius 2 is 1.79 bits per heavy atom. The van der Waals surface area contributed by atoms with E-state index in [1.807, 2.05) is 44.2 Å². The van der Waals surface area contributed by atoms with Crippen LogP contribution in [0.15, 0.2) is 47.6 Å². The van der Waals surface area contributed by atoms with Gasteiger partial charge in [0.05, 0.1) is 25.5 Å². The molecule has 6 nitrogen and oxygen atoms in total. The lowest BCUT2D eigenvalue weighted by molar-refractivity contribution is 0.287. The van der Waals surface area contributed by atoms with Crippen LogP contribution in [0.1, 0.15) is 32.0 Å². The monoisotopic (exact) mass is 498 g/mol. The summed E-state index contributed by atoms with van der Waals surface area (Å²) < 4.78 is 11.3. The van der Waals surface area contributed by atoms with Gasteiger partial charge in [0.25, 0.3) is 0 Å². The Bertz CT molecular complexity index is 711. The Hall–Kier alpha value is -2.03. The maximum atomic E-state index is 5.70. The standard InChI is InChI=1S/C21H30N4O2.HI/c1-4-22-21(25-16-18-9-7-8-13-23-18)24-14-12-17-10-11-19(26-5-2)20(15-17)27-6-3;/h7-11,13,15H,4-6,12,14,16H2,1-3H3,(H2,22,24,25);1H. The number of nitrogens with one attached hydrogen (secondary N) is 2. The Morgan fingerprint density at radius 1 is 1.00 bits per heavy atom. The van der Waals surface area contributed by atoms with Gasteiger partial charge in [0, 0.05) is 19.3 Å². The second-order valence-corrected chi connectivity index (χ2v) is 5.84. The van der Waals surface area contributed by atoms with Crippen molar-refractivity contribution in [2.75, 3.05) is 26.3 Å². The zero-order valence-corrected chi connectivity index (χ0v) is 19.2. The molecule has 0 saturated heterocycles. The van der Waals surface area contributed by atoms with Crippen LogP contribution in [-0.2, 0) is 13.0 Å². The highest BCUT2D eigenvalue weighted by molar-refractivity contribution is 14.0. The lowest BCUT2D eigenvalue weighted by Gasteiger charge is -2.14. The average Bonchev–Trinajstić information content (AvgIpc) is 2.69. The van der Waals surface area contributed by atoms with Crippen molar-refractivity contribution in [2.24, 2.45) is 4.99 Å². The van der Waals surface area contributed by atoms with Gasteiger partial charge < -0.3 is 20.1 Å². The number of aliphatic imine (C=N–C) groups is 1. The van der Waals surface area contributed by atoms with Crippen molar-refractivity contribution in [3.05, 3.63) is 53.9 Å². The third kappa shape index (κ3) is 8.33. The molecule has 1 aromatic carbocycles. The summed E-state index contributed by atoms with van der Waals surface area (Å²) in [4.78, 5) is 8.89. The molecule has 0 radical (unpaired) electrons. The van der Waals surface area contributed by atoms with Crippen molar-refractivity contribution in [2.45, 2.75) is 33.7 Å². The van der Waals surface area contributed by atoms with Gasteiger partial charge in [-0.25, -0.2) is 4.99 Å². The molecule has 154 valence electrons. The molecule has 0 saturated carbocycles. The molecule has 0 atom stereocenters. The number of nitrogens with zero attached hydrogens (tertiary/aromatic N) is 2. The smallest absolute Gasteiger partial charge is 0.191 e. The Kier molecular flexibility index (Phi) is 12.0. The molecular formula is C21H31IN4O2. The molecule has 1 heterocycles. The van der Waals surface area contributed by atoms with Gasteiger partial charge in [-0.3, -0.25) is 4.98 Å². The number of guanidine groups is 1. The van der Waals surface area contributed by atoms with Crippen molar-refractivity contribution in [3.8, 4) is 11.5 Å². The van der Waals surface area contributed by atoms with E-state index in [9.17, 15) is 0 Å². The van der Waals surface area contributed by atoms with Crippen LogP contribution in [0, 0.1) is 0 Å². The van der Waals surface area contributed by atoms with Crippen molar-refractivity contribution in [1.82, 2.24) is 15.6 Å². The highest BCUT2D eigenvalue weighted by Crippen LogP contribution is 2.28. The van der Waals surface area contributed by atoms with Gasteiger partial charge in [-0.1, -0.05) is 12.1 Å². The van der Waals surface area contributed by atoms with Crippen LogP contribution in [0.4, 0.5) is 0 Å². The fraction of sp³-hybridized carbons (Fsp3) is 0.429. The van der Waals surface area contributed by atoms with Crippen LogP contribution in [0.3, 0.4) is 0 Å². The topological polar surface area (TPSA) is 67.8 Å². The maximum absolute atomic E-state index is 5.70. The number of aromatic nitrogens is 1. The molecule has 0 aliphatic rings. The van der Waals surface area contributed by atoms with Crippen molar-refractivity contribution in [1.29, 1.82) is 0 Å². The van der Waals surface area contributed by atoms with Gasteiger partial charge in [-0.15, -0.1) is 24.0 Å². The number of ether oxygens (including phenoxy) is 2. The number of benzene rings is 1. The summed E-state index contributed by atoms with van der Waals surface area (Å²) in [6.07, 6.45) is 2.65. The minimum absolute atomic E-state index is 0. The van der Waals surface area contributed by atoms with E-state index in [4.69, 9.17) is 9.47 Å². The van der Waals surface area contributed by atoms with E-state index in [0.717, 1.165) is 42.7 Å². The number of hydrogen-bond acceptors (Lipinski definition) is 4. The molecule has 0 amide bonds. The first-order valence-corrected chi connectivity index (χ1v) is 9.57. The minimum Gasteiger partial charge on any atom is -0.490 e. The normalized spacial score (nSPS) is 10.8. The SMILES string of the molecule is CCNC(=NCc1ccccn1)NCCc1ccc(OCC)c(OCC)c1.I. The highest BCUT2D eigenvalue weighted by atomic mass is 127. The average molecular weight is 498 g/mol. The van der Waals surface area contributed by atoms with E-state index >= 15 is 0 Å². The van der Waals surface area contributed by atoms with Crippen LogP contribution in [-0.4, -0.2) is 37.2 Å². The summed E-state index contributed by atoms with van der Waals surface area (Å²) in [6.45, 7) is 9.38. The minimum atomic E-state index is 0. The van der Waals surface area contributed by atoms with Crippen LogP contribution in [0.25, 0.3) is 0 Å². The van der Waals surface area contributed by atoms with Crippen molar-refractivity contribution in [3.63, 3.8) is 0 Å². The van der Waals surface area contributed by atoms with Gasteiger partial charge in [0.2, 0.25) is 0 Å². The van der Waals surface area contributed by atoms with Crippen LogP contribution in [0.5, 0.6) is 11.5 Å². The molecule has 1 aromatic heterocycles. The molecule has 0 unspecified atom stereocenters. The number of rotatable bonds is 10. The molecular weight excluding hydrogens is 467 g/mol. The summed E-state index contributed by atoms with van der Waals surface area (Å²) >= 11 is 0. The number of hydrogen-bond donors (Lipinski definition) is 2. The second-order valence-electron chi connectivity index (χ2n) is 5.84. The molecule has 0 aliphatic carbocycles. The van der Waals surface area contributed by atoms with Crippen LogP contribution in [0.2, 0.25) is 0 Å². The number of pyridine rings is 1. The second kappa shape index (κ2) is 14.0. The summed E-state index contributed by atoms with van der Waals surface area (Å²) in [5, 5.41) is 6.63. The van der Waals surface area contributed by atoms with E-state index in [0.29, 0.717) is 19.8 Å². The van der Waals surface area contributed by atoms with Gasteiger partial charge >= 0.3 is 0 Å². The van der Waals surface area contributed by atoms with Gasteiger partial charge in [0.15, 0.2) is 17.5 Å². The lowest BCUT2D eigenvalue weighted by Crippen LogP contribution is -2.38. The quantitative estimate of drug-likeness (QED) is 0.297. The maximum Gasteiger partial charge on any atom is 0.191 e. The highest BCUT2D eigenvalue weighted by Gasteiger charge is 2.06. The molecule has 0 spiro atoms. The fourth-order valence-corrected chi connectivity index (χ4v) is 2.57. The molecule has 2 aromatic rings. The molecule has 7 heteroatoms. The first-order chi connectivity index (χ1) is 13.3. The predicted molar refractivity (Wildman–Crippen MR) is 125 cm³/mol. The van der Waals surface area contributed by atoms with E-state index < -0.39 is 0 Å². The summed E-state index contributed by atoms with van der Waals surface area (Å²) in [7, 11) is 0. The molecule has 0 fully saturated rings. The van der Waals surface area contributed by atoms with E-state index in [2.05, 4.69) is 33.6 Å². The Labute approximate surface area is 185 Å². The third-order valence-electron chi connectivity index (χ3n) is 3.78. The third-order valence-corrected chi connectivity index (χ3v) is 3.78. The first kappa shape index (κ1) is 24.0. The van der Waals surface area contributed by atoms with Crippen LogP contribution < -0.4 is 20.1 Å². The molecule has 2 N–H and O–H groups in total. The van der Waals surface area contributed by atoms with Crippen LogP contribution >= 0.6 is 24.0 Å². The first-order valence-electron chi connectivity index (χ1n) is 9.57. The van der Waals surface area contributed by atoms with Crippen molar-refractivity contribution < 1.29 is 9.47 Å². The van der Waals surface area contributed by atoms with E-state index in [1.54, 1.807) is 6.20 Å². The lowest BCUT2D eigenvalue weighted by atomic mass is 10.1. The van der Waals surface area contributed by atoms with Gasteiger partial charge in [0.1, 0.15) is 0 Å². The fourth-order valence-electron chi connectivity index (χ4n) is 2.57. The molecule has 2 rings (SSSR count).